The molecule has 2 rings (SSSR count). The van der Waals surface area contributed by atoms with Crippen LogP contribution in [0.15, 0.2) is 28.9 Å². The van der Waals surface area contributed by atoms with E-state index in [4.69, 9.17) is 5.84 Å². The highest BCUT2D eigenvalue weighted by atomic mass is 79.9. The van der Waals surface area contributed by atoms with E-state index in [-0.39, 0.29) is 11.9 Å². The summed E-state index contributed by atoms with van der Waals surface area (Å²) in [6, 6.07) is 4.46. The van der Waals surface area contributed by atoms with Crippen LogP contribution >= 0.6 is 15.9 Å². The first-order valence-corrected chi connectivity index (χ1v) is 6.15. The minimum atomic E-state index is -0.307. The molecule has 1 aromatic heterocycles. The third-order valence-corrected chi connectivity index (χ3v) is 3.01. The highest BCUT2D eigenvalue weighted by Gasteiger charge is 2.14. The lowest BCUT2D eigenvalue weighted by atomic mass is 10.0. The Labute approximate surface area is 112 Å². The second kappa shape index (κ2) is 5.55. The Balaban J connectivity index is 2.22. The van der Waals surface area contributed by atoms with Gasteiger partial charge in [0, 0.05) is 24.1 Å². The minimum absolute atomic E-state index is 0.214. The van der Waals surface area contributed by atoms with Crippen LogP contribution in [0, 0.1) is 5.82 Å². The zero-order valence-electron chi connectivity index (χ0n) is 9.77. The van der Waals surface area contributed by atoms with Gasteiger partial charge in [0.25, 0.3) is 0 Å². The summed E-state index contributed by atoms with van der Waals surface area (Å²) in [6.07, 6.45) is 2.35. The van der Waals surface area contributed by atoms with Gasteiger partial charge in [-0.3, -0.25) is 16.0 Å². The average molecular weight is 314 g/mol. The van der Waals surface area contributed by atoms with Gasteiger partial charge in [-0.2, -0.15) is 0 Å². The SMILES string of the molecule is Cn1cc(CC(NN)c2cc(F)cc(Br)c2)nn1. The van der Waals surface area contributed by atoms with Gasteiger partial charge in [-0.15, -0.1) is 5.10 Å². The van der Waals surface area contributed by atoms with Gasteiger partial charge in [-0.25, -0.2) is 4.39 Å². The molecule has 0 radical (unpaired) electrons. The molecule has 3 N–H and O–H groups in total. The van der Waals surface area contributed by atoms with Gasteiger partial charge < -0.3 is 0 Å². The summed E-state index contributed by atoms with van der Waals surface area (Å²) in [4.78, 5) is 0. The Kier molecular flexibility index (Phi) is 4.05. The maximum absolute atomic E-state index is 13.3. The second-order valence-electron chi connectivity index (χ2n) is 4.01. The normalized spacial score (nSPS) is 12.7. The second-order valence-corrected chi connectivity index (χ2v) is 4.93. The van der Waals surface area contributed by atoms with E-state index in [1.807, 2.05) is 6.07 Å². The van der Waals surface area contributed by atoms with E-state index in [0.717, 1.165) is 11.3 Å². The Morgan fingerprint density at radius 3 is 2.83 bits per heavy atom. The van der Waals surface area contributed by atoms with Gasteiger partial charge in [-0.1, -0.05) is 21.1 Å². The van der Waals surface area contributed by atoms with Crippen LogP contribution < -0.4 is 11.3 Å². The molecule has 1 unspecified atom stereocenters. The monoisotopic (exact) mass is 313 g/mol. The largest absolute Gasteiger partial charge is 0.271 e. The third kappa shape index (κ3) is 3.12. The quantitative estimate of drug-likeness (QED) is 0.662. The van der Waals surface area contributed by atoms with Crippen LogP contribution in [0.1, 0.15) is 17.3 Å². The van der Waals surface area contributed by atoms with Crippen molar-refractivity contribution < 1.29 is 4.39 Å². The number of benzene rings is 1. The molecule has 0 amide bonds. The first-order valence-electron chi connectivity index (χ1n) is 5.36. The van der Waals surface area contributed by atoms with E-state index in [1.165, 1.54) is 12.1 Å². The van der Waals surface area contributed by atoms with Crippen LogP contribution in [0.2, 0.25) is 0 Å². The van der Waals surface area contributed by atoms with Crippen molar-refractivity contribution >= 4 is 15.9 Å². The lowest BCUT2D eigenvalue weighted by Gasteiger charge is -2.15. The zero-order valence-corrected chi connectivity index (χ0v) is 11.4. The number of aromatic nitrogens is 3. The van der Waals surface area contributed by atoms with Crippen LogP contribution in [0.25, 0.3) is 0 Å². The number of hydrogen-bond donors (Lipinski definition) is 2. The predicted molar refractivity (Wildman–Crippen MR) is 68.9 cm³/mol. The van der Waals surface area contributed by atoms with Gasteiger partial charge in [0.05, 0.1) is 11.7 Å². The van der Waals surface area contributed by atoms with E-state index in [9.17, 15) is 4.39 Å². The summed E-state index contributed by atoms with van der Waals surface area (Å²) >= 11 is 3.26. The number of hydrogen-bond acceptors (Lipinski definition) is 4. The lowest BCUT2D eigenvalue weighted by Crippen LogP contribution is -2.29. The van der Waals surface area contributed by atoms with Crippen LogP contribution in [-0.4, -0.2) is 15.0 Å². The average Bonchev–Trinajstić information content (AvgIpc) is 2.70. The van der Waals surface area contributed by atoms with Crippen molar-refractivity contribution in [2.75, 3.05) is 0 Å². The van der Waals surface area contributed by atoms with Crippen LogP contribution in [-0.2, 0) is 13.5 Å². The van der Waals surface area contributed by atoms with Crippen molar-refractivity contribution in [3.05, 3.63) is 45.9 Å². The molecule has 7 heteroatoms. The highest BCUT2D eigenvalue weighted by Crippen LogP contribution is 2.22. The number of rotatable bonds is 4. The highest BCUT2D eigenvalue weighted by molar-refractivity contribution is 9.10. The summed E-state index contributed by atoms with van der Waals surface area (Å²) in [7, 11) is 1.79. The fourth-order valence-corrected chi connectivity index (χ4v) is 2.23. The summed E-state index contributed by atoms with van der Waals surface area (Å²) in [6.45, 7) is 0. The van der Waals surface area contributed by atoms with E-state index in [2.05, 4.69) is 31.7 Å². The zero-order chi connectivity index (χ0) is 13.1. The molecule has 96 valence electrons. The van der Waals surface area contributed by atoms with Crippen molar-refractivity contribution in [2.45, 2.75) is 12.5 Å². The first kappa shape index (κ1) is 13.1. The molecule has 0 spiro atoms. The minimum Gasteiger partial charge on any atom is -0.271 e. The van der Waals surface area contributed by atoms with Gasteiger partial charge in [0.1, 0.15) is 5.82 Å². The first-order chi connectivity index (χ1) is 8.58. The number of hydrazine groups is 1. The third-order valence-electron chi connectivity index (χ3n) is 2.55. The molecule has 5 nitrogen and oxygen atoms in total. The Hall–Kier alpha value is -1.31. The van der Waals surface area contributed by atoms with Crippen LogP contribution in [0.4, 0.5) is 4.39 Å². The van der Waals surface area contributed by atoms with Crippen molar-refractivity contribution in [1.29, 1.82) is 0 Å². The number of aryl methyl sites for hydroxylation is 1. The fourth-order valence-electron chi connectivity index (χ4n) is 1.75. The van der Waals surface area contributed by atoms with Crippen molar-refractivity contribution in [1.82, 2.24) is 20.4 Å². The molecule has 0 fully saturated rings. The maximum Gasteiger partial charge on any atom is 0.124 e. The summed E-state index contributed by atoms with van der Waals surface area (Å²) < 4.78 is 15.6. The van der Waals surface area contributed by atoms with Crippen molar-refractivity contribution in [2.24, 2.45) is 12.9 Å². The predicted octanol–water partition coefficient (Wildman–Crippen LogP) is 1.46. The maximum atomic E-state index is 13.3. The van der Waals surface area contributed by atoms with Gasteiger partial charge in [-0.05, 0) is 23.8 Å². The molecule has 18 heavy (non-hydrogen) atoms. The molecule has 2 aromatic rings. The number of halogens is 2. The lowest BCUT2D eigenvalue weighted by molar-refractivity contribution is 0.538. The van der Waals surface area contributed by atoms with E-state index < -0.39 is 0 Å². The van der Waals surface area contributed by atoms with Crippen LogP contribution in [0.5, 0.6) is 0 Å². The van der Waals surface area contributed by atoms with Crippen molar-refractivity contribution in [3.63, 3.8) is 0 Å². The van der Waals surface area contributed by atoms with Gasteiger partial charge in [0.15, 0.2) is 0 Å². The van der Waals surface area contributed by atoms with E-state index in [0.29, 0.717) is 10.9 Å². The molecule has 0 bridgehead atoms. The van der Waals surface area contributed by atoms with E-state index >= 15 is 0 Å². The standard InChI is InChI=1S/C11H13BrFN5/c1-18-6-10(16-17-18)5-11(15-14)7-2-8(12)4-9(13)3-7/h2-4,6,11,15H,5,14H2,1H3. The molecule has 1 heterocycles. The topological polar surface area (TPSA) is 68.8 Å². The molecular weight excluding hydrogens is 301 g/mol. The molecule has 0 saturated carbocycles. The molecule has 0 aliphatic heterocycles. The fraction of sp³-hybridized carbons (Fsp3) is 0.273. The Morgan fingerprint density at radius 2 is 2.28 bits per heavy atom. The van der Waals surface area contributed by atoms with Crippen LogP contribution in [0.3, 0.4) is 0 Å². The molecule has 0 saturated heterocycles. The smallest absolute Gasteiger partial charge is 0.124 e. The molecule has 1 atom stereocenters. The number of nitrogens with one attached hydrogen (secondary N) is 1. The van der Waals surface area contributed by atoms with Gasteiger partial charge >= 0.3 is 0 Å². The Morgan fingerprint density at radius 1 is 1.50 bits per heavy atom. The number of nitrogens with two attached hydrogens (primary N) is 1. The summed E-state index contributed by atoms with van der Waals surface area (Å²) in [5.74, 6) is 5.21. The van der Waals surface area contributed by atoms with Crippen molar-refractivity contribution in [3.8, 4) is 0 Å². The van der Waals surface area contributed by atoms with Gasteiger partial charge in [0.2, 0.25) is 0 Å². The summed E-state index contributed by atoms with van der Waals surface area (Å²) in [5, 5.41) is 7.83. The molecule has 0 aliphatic rings. The van der Waals surface area contributed by atoms with E-state index in [1.54, 1.807) is 17.9 Å². The summed E-state index contributed by atoms with van der Waals surface area (Å²) in [5.41, 5.74) is 4.22. The molecular formula is C11H13BrFN5. The molecule has 0 aliphatic carbocycles. The molecule has 1 aromatic carbocycles. The number of nitrogens with zero attached hydrogens (tertiary/aromatic N) is 3. The Bertz CT molecular complexity index is 522.